The summed E-state index contributed by atoms with van der Waals surface area (Å²) in [5, 5.41) is 45.7. The first-order chi connectivity index (χ1) is 32.9. The van der Waals surface area contributed by atoms with E-state index < -0.39 is 65.0 Å². The molecule has 6 aromatic heterocycles. The number of primary amides is 1. The number of nitrogens with zero attached hydrogens (tertiary/aromatic N) is 9. The number of anilines is 4. The Morgan fingerprint density at radius 2 is 1.14 bits per heavy atom. The van der Waals surface area contributed by atoms with Gasteiger partial charge in [0.2, 0.25) is 5.91 Å². The van der Waals surface area contributed by atoms with Gasteiger partial charge in [-0.3, -0.25) is 4.79 Å². The van der Waals surface area contributed by atoms with Gasteiger partial charge in [0.15, 0.2) is 6.10 Å². The highest BCUT2D eigenvalue weighted by atomic mass is 35.5. The molecule has 2 aromatic carbocycles. The zero-order valence-electron chi connectivity index (χ0n) is 36.3. The van der Waals surface area contributed by atoms with E-state index in [4.69, 9.17) is 58.4 Å². The Kier molecular flexibility index (Phi) is 12.1. The molecule has 19 nitrogen and oxygen atoms in total. The SMILES string of the molecule is NC(=O)[C@]1(CCc2cc(F)c3cc(Cl)c(N)nc3c2)C[C@@H](n2ccc3c(N)ncnc32)[C@H](O)[C@@H]1O.[C-]#[N+][C@]1(CCc2cc(F)c3cc(Cl)c(N)nc3c2)C[C@@H](n2ccc3c(N)ncnc32)[C@H](O)[C@@H]1O. The highest BCUT2D eigenvalue weighted by Crippen LogP contribution is 2.49. The lowest BCUT2D eigenvalue weighted by molar-refractivity contribution is -0.136. The topological polar surface area (TPSA) is 320 Å². The number of halogens is 4. The smallest absolute Gasteiger partial charge is 0.262 e. The molecule has 6 heterocycles. The van der Waals surface area contributed by atoms with Gasteiger partial charge in [-0.05, 0) is 85.3 Å². The van der Waals surface area contributed by atoms with Gasteiger partial charge < -0.3 is 63.1 Å². The van der Waals surface area contributed by atoms with Crippen LogP contribution in [0.3, 0.4) is 0 Å². The third-order valence-electron chi connectivity index (χ3n) is 13.8. The van der Waals surface area contributed by atoms with E-state index in [1.165, 1.54) is 36.9 Å². The highest BCUT2D eigenvalue weighted by molar-refractivity contribution is 6.33. The number of aliphatic hydroxyl groups is 4. The van der Waals surface area contributed by atoms with Crippen LogP contribution in [0.2, 0.25) is 10.0 Å². The number of benzene rings is 2. The average Bonchev–Trinajstić information content (AvgIpc) is 4.07. The van der Waals surface area contributed by atoms with Crippen molar-refractivity contribution in [1.29, 1.82) is 0 Å². The molecule has 2 saturated carbocycles. The molecule has 10 rings (SSSR count). The van der Waals surface area contributed by atoms with E-state index in [1.807, 2.05) is 0 Å². The van der Waals surface area contributed by atoms with E-state index in [-0.39, 0.29) is 76.8 Å². The van der Waals surface area contributed by atoms with Gasteiger partial charge in [-0.25, -0.2) is 45.3 Å². The second-order valence-corrected chi connectivity index (χ2v) is 18.4. The number of fused-ring (bicyclic) bond motifs is 4. The van der Waals surface area contributed by atoms with Crippen LogP contribution in [0.4, 0.5) is 32.1 Å². The number of amides is 1. The number of carbonyl (C=O) groups is 1. The van der Waals surface area contributed by atoms with Crippen LogP contribution in [0.25, 0.3) is 48.7 Å². The largest absolute Gasteiger partial charge is 0.389 e. The van der Waals surface area contributed by atoms with Crippen LogP contribution in [-0.2, 0) is 17.6 Å². The Morgan fingerprint density at radius 3 is 1.62 bits per heavy atom. The van der Waals surface area contributed by atoms with Gasteiger partial charge in [0.05, 0.1) is 61.9 Å². The maximum atomic E-state index is 14.7. The summed E-state index contributed by atoms with van der Waals surface area (Å²) in [5.74, 6) is -1.04. The molecule has 356 valence electrons. The van der Waals surface area contributed by atoms with Gasteiger partial charge in [0.1, 0.15) is 71.1 Å². The number of aromatic nitrogens is 8. The van der Waals surface area contributed by atoms with Crippen molar-refractivity contribution < 1.29 is 34.0 Å². The average molecular weight is 982 g/mol. The van der Waals surface area contributed by atoms with E-state index in [9.17, 15) is 34.0 Å². The number of hydrogen-bond acceptors (Lipinski definition) is 15. The van der Waals surface area contributed by atoms with E-state index in [0.717, 1.165) is 0 Å². The molecule has 14 N–H and O–H groups in total. The van der Waals surface area contributed by atoms with Crippen LogP contribution >= 0.6 is 23.2 Å². The fraction of sp³-hybridized carbons (Fsp3) is 0.304. The van der Waals surface area contributed by atoms with Crippen LogP contribution in [-0.4, -0.2) is 95.3 Å². The maximum Gasteiger partial charge on any atom is 0.262 e. The zero-order chi connectivity index (χ0) is 49.3. The molecule has 0 saturated heterocycles. The minimum absolute atomic E-state index is 0.0508. The Balaban J connectivity index is 0.000000172. The van der Waals surface area contributed by atoms with Gasteiger partial charge in [0.25, 0.3) is 5.54 Å². The molecule has 0 spiro atoms. The van der Waals surface area contributed by atoms with Gasteiger partial charge in [-0.15, -0.1) is 0 Å². The fourth-order valence-electron chi connectivity index (χ4n) is 9.93. The second-order valence-electron chi connectivity index (χ2n) is 17.6. The first kappa shape index (κ1) is 47.0. The van der Waals surface area contributed by atoms with E-state index >= 15 is 0 Å². The number of aliphatic hydroxyl groups excluding tert-OH is 4. The van der Waals surface area contributed by atoms with Crippen molar-refractivity contribution in [3.05, 3.63) is 118 Å². The predicted molar refractivity (Wildman–Crippen MR) is 255 cm³/mol. The van der Waals surface area contributed by atoms with Crippen molar-refractivity contribution in [2.45, 2.75) is 80.6 Å². The van der Waals surface area contributed by atoms with Gasteiger partial charge in [-0.1, -0.05) is 23.2 Å². The highest BCUT2D eigenvalue weighted by Gasteiger charge is 2.59. The first-order valence-corrected chi connectivity index (χ1v) is 22.2. The van der Waals surface area contributed by atoms with E-state index in [0.29, 0.717) is 50.0 Å². The number of pyridine rings is 2. The molecule has 1 amide bonds. The molecule has 23 heteroatoms. The fourth-order valence-corrected chi connectivity index (χ4v) is 10.2. The molecule has 69 heavy (non-hydrogen) atoms. The van der Waals surface area contributed by atoms with Gasteiger partial charge in [0, 0.05) is 29.6 Å². The van der Waals surface area contributed by atoms with Gasteiger partial charge >= 0.3 is 0 Å². The molecule has 2 aliphatic rings. The van der Waals surface area contributed by atoms with Crippen LogP contribution in [0, 0.1) is 23.6 Å². The maximum absolute atomic E-state index is 14.7. The monoisotopic (exact) mass is 980 g/mol. The lowest BCUT2D eigenvalue weighted by atomic mass is 9.77. The summed E-state index contributed by atoms with van der Waals surface area (Å²) >= 11 is 11.9. The summed E-state index contributed by atoms with van der Waals surface area (Å²) in [6.45, 7) is 7.85. The van der Waals surface area contributed by atoms with E-state index in [1.54, 1.807) is 45.8 Å². The lowest BCUT2D eigenvalue weighted by Gasteiger charge is -2.29. The summed E-state index contributed by atoms with van der Waals surface area (Å²) in [6, 6.07) is 11.0. The van der Waals surface area contributed by atoms with Crippen molar-refractivity contribution in [3.8, 4) is 0 Å². The van der Waals surface area contributed by atoms with Crippen LogP contribution in [0.1, 0.15) is 48.9 Å². The molecule has 2 aliphatic carbocycles. The van der Waals surface area contributed by atoms with Crippen molar-refractivity contribution >= 4 is 96.3 Å². The molecule has 0 bridgehead atoms. The van der Waals surface area contributed by atoms with Crippen molar-refractivity contribution in [3.63, 3.8) is 0 Å². The Hall–Kier alpha value is -7.06. The minimum atomic E-state index is -1.46. The molecular weight excluding hydrogens is 938 g/mol. The molecule has 2 fully saturated rings. The Labute approximate surface area is 400 Å². The summed E-state index contributed by atoms with van der Waals surface area (Å²) in [4.78, 5) is 41.1. The normalized spacial score (nSPS) is 24.5. The number of hydrogen-bond donors (Lipinski definition) is 9. The molecule has 0 aliphatic heterocycles. The Morgan fingerprint density at radius 1 is 0.681 bits per heavy atom. The number of nitrogens with two attached hydrogens (primary N) is 5. The standard InChI is InChI=1S/C23H23ClFN7O3.C23H21ClFN7O2/c24-13-7-12-14(25)5-10(6-15(12)31-20(13)27)1-3-23(22(28)35)8-16(17(33)18(23)34)32-4-2-11-19(26)29-9-30-21(11)32;1-28-23(4-2-11-6-15(25)13-8-14(24)21(27)31-16(13)7-11)9-17(18(33)19(23)34)32-5-3-12-20(26)29-10-30-22(12)32/h2,4-7,9,16-18,33-34H,1,3,8H2,(H2,27,31)(H2,28,35)(H2,26,29,30);3,5-8,10,17-19,33-34H,2,4,9H2,(H2,27,31)(H2,26,29,30)/t16-,17+,18+,23-;17-,18+,19+,23-/m11/s1. The molecule has 8 atom stereocenters. The number of carbonyl (C=O) groups excluding carboxylic acids is 1. The summed E-state index contributed by atoms with van der Waals surface area (Å²) in [5.41, 5.74) is 29.2. The van der Waals surface area contributed by atoms with E-state index in [2.05, 4.69) is 34.7 Å². The quantitative estimate of drug-likeness (QED) is 0.0893. The number of aryl methyl sites for hydroxylation is 2. The molecular formula is C46H44Cl2F2N14O5. The third kappa shape index (κ3) is 8.07. The predicted octanol–water partition coefficient (Wildman–Crippen LogP) is 4.60. The number of rotatable bonds is 9. The van der Waals surface area contributed by atoms with Gasteiger partial charge in [-0.2, -0.15) is 0 Å². The minimum Gasteiger partial charge on any atom is -0.389 e. The Bertz CT molecular complexity index is 3390. The summed E-state index contributed by atoms with van der Waals surface area (Å²) < 4.78 is 32.8. The van der Waals surface area contributed by atoms with Crippen molar-refractivity contribution in [2.24, 2.45) is 11.1 Å². The zero-order valence-corrected chi connectivity index (χ0v) is 37.8. The summed E-state index contributed by atoms with van der Waals surface area (Å²) in [7, 11) is 0. The first-order valence-electron chi connectivity index (χ1n) is 21.5. The van der Waals surface area contributed by atoms with Crippen LogP contribution < -0.4 is 28.7 Å². The molecule has 8 aromatic rings. The number of nitrogen functional groups attached to an aromatic ring is 4. The van der Waals surface area contributed by atoms with Crippen molar-refractivity contribution in [1.82, 2.24) is 39.0 Å². The summed E-state index contributed by atoms with van der Waals surface area (Å²) in [6.07, 6.45) is 1.77. The molecule has 0 radical (unpaired) electrons. The van der Waals surface area contributed by atoms with Crippen LogP contribution in [0.15, 0.2) is 73.6 Å². The van der Waals surface area contributed by atoms with Crippen molar-refractivity contribution in [2.75, 3.05) is 22.9 Å². The van der Waals surface area contributed by atoms with Crippen LogP contribution in [0.5, 0.6) is 0 Å². The second kappa shape index (κ2) is 17.8. The molecule has 0 unspecified atom stereocenters. The third-order valence-corrected chi connectivity index (χ3v) is 14.4. The lowest BCUT2D eigenvalue weighted by Crippen LogP contribution is -2.46.